The van der Waals surface area contributed by atoms with Gasteiger partial charge in [-0.25, -0.2) is 9.37 Å². The third-order valence-corrected chi connectivity index (χ3v) is 4.35. The summed E-state index contributed by atoms with van der Waals surface area (Å²) in [7, 11) is 0. The lowest BCUT2D eigenvalue weighted by Crippen LogP contribution is -2.11. The Kier molecular flexibility index (Phi) is 4.61. The van der Waals surface area contributed by atoms with Gasteiger partial charge in [-0.05, 0) is 30.3 Å². The van der Waals surface area contributed by atoms with Crippen LogP contribution in [0.25, 0.3) is 11.3 Å². The fraction of sp³-hybridized carbons (Fsp3) is 0. The molecule has 1 heterocycles. The van der Waals surface area contributed by atoms with Gasteiger partial charge in [0, 0.05) is 21.5 Å². The van der Waals surface area contributed by atoms with Crippen molar-refractivity contribution in [3.05, 3.63) is 69.3 Å². The lowest BCUT2D eigenvalue weighted by molar-refractivity contribution is 0.102. The van der Waals surface area contributed by atoms with Crippen LogP contribution >= 0.6 is 34.5 Å². The highest BCUT2D eigenvalue weighted by molar-refractivity contribution is 7.14. The number of benzene rings is 2. The molecule has 0 bridgehead atoms. The number of nitrogens with one attached hydrogen (secondary N) is 1. The van der Waals surface area contributed by atoms with Crippen LogP contribution < -0.4 is 5.32 Å². The van der Waals surface area contributed by atoms with E-state index in [0.29, 0.717) is 10.2 Å². The average molecular weight is 367 g/mol. The lowest BCUT2D eigenvalue weighted by Gasteiger charge is -2.02. The van der Waals surface area contributed by atoms with Gasteiger partial charge < -0.3 is 0 Å². The van der Waals surface area contributed by atoms with E-state index in [1.165, 1.54) is 23.5 Å². The van der Waals surface area contributed by atoms with Gasteiger partial charge in [-0.3, -0.25) is 10.1 Å². The second kappa shape index (κ2) is 6.66. The summed E-state index contributed by atoms with van der Waals surface area (Å²) in [6.07, 6.45) is 0. The number of halogens is 3. The van der Waals surface area contributed by atoms with Gasteiger partial charge in [0.2, 0.25) is 0 Å². The summed E-state index contributed by atoms with van der Waals surface area (Å²) in [5.41, 5.74) is 1.90. The van der Waals surface area contributed by atoms with E-state index in [0.717, 1.165) is 17.3 Å². The molecule has 0 aliphatic heterocycles. The maximum Gasteiger partial charge on any atom is 0.257 e. The number of hydrogen-bond acceptors (Lipinski definition) is 3. The summed E-state index contributed by atoms with van der Waals surface area (Å²) >= 11 is 12.8. The Labute approximate surface area is 145 Å². The first-order chi connectivity index (χ1) is 11.0. The van der Waals surface area contributed by atoms with Crippen molar-refractivity contribution in [2.24, 2.45) is 0 Å². The molecule has 1 aromatic heterocycles. The maximum atomic E-state index is 13.1. The molecule has 0 aliphatic rings. The second-order valence-corrected chi connectivity index (χ2v) is 6.33. The molecule has 0 saturated heterocycles. The van der Waals surface area contributed by atoms with Gasteiger partial charge in [0.1, 0.15) is 5.82 Å². The number of carbonyl (C=O) groups excluding carboxylic acids is 1. The summed E-state index contributed by atoms with van der Waals surface area (Å²) in [5.74, 6) is -0.966. The van der Waals surface area contributed by atoms with Crippen molar-refractivity contribution < 1.29 is 9.18 Å². The zero-order valence-electron chi connectivity index (χ0n) is 11.5. The molecule has 0 spiro atoms. The number of carbonyl (C=O) groups is 1. The number of anilines is 1. The fourth-order valence-electron chi connectivity index (χ4n) is 1.89. The Bertz CT molecular complexity index is 865. The molecular formula is C16H9Cl2FN2OS. The van der Waals surface area contributed by atoms with E-state index < -0.39 is 11.7 Å². The standard InChI is InChI=1S/C16H9Cl2FN2OS/c17-11-4-1-9(2-5-11)14-8-23-16(20-14)21-15(22)10-3-6-13(19)12(18)7-10/h1-8H,(H,20,21,22). The monoisotopic (exact) mass is 366 g/mol. The molecule has 1 N–H and O–H groups in total. The molecule has 0 aliphatic carbocycles. The maximum absolute atomic E-state index is 13.1. The largest absolute Gasteiger partial charge is 0.298 e. The molecule has 116 valence electrons. The van der Waals surface area contributed by atoms with Gasteiger partial charge in [-0.2, -0.15) is 0 Å². The minimum atomic E-state index is -0.567. The summed E-state index contributed by atoms with van der Waals surface area (Å²) in [6.45, 7) is 0. The number of aromatic nitrogens is 1. The molecule has 0 radical (unpaired) electrons. The van der Waals surface area contributed by atoms with Gasteiger partial charge in [-0.15, -0.1) is 11.3 Å². The van der Waals surface area contributed by atoms with Crippen molar-refractivity contribution in [2.45, 2.75) is 0 Å². The number of hydrogen-bond donors (Lipinski definition) is 1. The van der Waals surface area contributed by atoms with Crippen LogP contribution in [0.5, 0.6) is 0 Å². The number of amides is 1. The quantitative estimate of drug-likeness (QED) is 0.663. The first kappa shape index (κ1) is 15.9. The normalized spacial score (nSPS) is 10.6. The Morgan fingerprint density at radius 2 is 1.87 bits per heavy atom. The van der Waals surface area contributed by atoms with Gasteiger partial charge in [-0.1, -0.05) is 35.3 Å². The fourth-order valence-corrected chi connectivity index (χ4v) is 2.91. The molecule has 0 fully saturated rings. The van der Waals surface area contributed by atoms with E-state index in [4.69, 9.17) is 23.2 Å². The highest BCUT2D eigenvalue weighted by Crippen LogP contribution is 2.26. The van der Waals surface area contributed by atoms with Crippen molar-refractivity contribution >= 4 is 45.6 Å². The Morgan fingerprint density at radius 1 is 1.13 bits per heavy atom. The summed E-state index contributed by atoms with van der Waals surface area (Å²) in [6, 6.07) is 11.0. The van der Waals surface area contributed by atoms with Crippen molar-refractivity contribution in [1.82, 2.24) is 4.98 Å². The van der Waals surface area contributed by atoms with E-state index in [1.807, 2.05) is 17.5 Å². The molecular weight excluding hydrogens is 358 g/mol. The van der Waals surface area contributed by atoms with Crippen LogP contribution in [0.4, 0.5) is 9.52 Å². The van der Waals surface area contributed by atoms with E-state index in [1.54, 1.807) is 12.1 Å². The molecule has 3 rings (SSSR count). The van der Waals surface area contributed by atoms with Crippen LogP contribution in [0.2, 0.25) is 10.0 Å². The van der Waals surface area contributed by atoms with Crippen LogP contribution in [-0.4, -0.2) is 10.9 Å². The van der Waals surface area contributed by atoms with Crippen molar-refractivity contribution in [1.29, 1.82) is 0 Å². The summed E-state index contributed by atoms with van der Waals surface area (Å²) < 4.78 is 13.1. The summed E-state index contributed by atoms with van der Waals surface area (Å²) in [4.78, 5) is 16.5. The number of nitrogens with zero attached hydrogens (tertiary/aromatic N) is 1. The second-order valence-electron chi connectivity index (χ2n) is 4.63. The molecule has 3 aromatic rings. The smallest absolute Gasteiger partial charge is 0.257 e. The molecule has 7 heteroatoms. The van der Waals surface area contributed by atoms with E-state index in [9.17, 15) is 9.18 Å². The van der Waals surface area contributed by atoms with E-state index in [-0.39, 0.29) is 10.6 Å². The number of thiazole rings is 1. The van der Waals surface area contributed by atoms with Gasteiger partial charge in [0.05, 0.1) is 10.7 Å². The molecule has 0 saturated carbocycles. The van der Waals surface area contributed by atoms with Gasteiger partial charge in [0.15, 0.2) is 5.13 Å². The minimum Gasteiger partial charge on any atom is -0.298 e. The minimum absolute atomic E-state index is 0.0985. The lowest BCUT2D eigenvalue weighted by atomic mass is 10.2. The molecule has 3 nitrogen and oxygen atoms in total. The Balaban J connectivity index is 1.77. The Morgan fingerprint density at radius 3 is 2.57 bits per heavy atom. The molecule has 2 aromatic carbocycles. The van der Waals surface area contributed by atoms with Crippen molar-refractivity contribution in [3.8, 4) is 11.3 Å². The molecule has 1 amide bonds. The molecule has 23 heavy (non-hydrogen) atoms. The average Bonchev–Trinajstić information content (AvgIpc) is 2.99. The summed E-state index contributed by atoms with van der Waals surface area (Å²) in [5, 5.41) is 5.49. The third kappa shape index (κ3) is 3.69. The van der Waals surface area contributed by atoms with Crippen molar-refractivity contribution in [3.63, 3.8) is 0 Å². The van der Waals surface area contributed by atoms with Crippen LogP contribution in [0, 0.1) is 5.82 Å². The van der Waals surface area contributed by atoms with E-state index in [2.05, 4.69) is 10.3 Å². The Hall–Kier alpha value is -1.95. The predicted octanol–water partition coefficient (Wildman–Crippen LogP) is 5.51. The van der Waals surface area contributed by atoms with Crippen LogP contribution in [0.3, 0.4) is 0 Å². The highest BCUT2D eigenvalue weighted by Gasteiger charge is 2.12. The topological polar surface area (TPSA) is 42.0 Å². The zero-order chi connectivity index (χ0) is 16.4. The first-order valence-electron chi connectivity index (χ1n) is 6.51. The first-order valence-corrected chi connectivity index (χ1v) is 8.14. The zero-order valence-corrected chi connectivity index (χ0v) is 13.8. The van der Waals surface area contributed by atoms with Crippen molar-refractivity contribution in [2.75, 3.05) is 5.32 Å². The SMILES string of the molecule is O=C(Nc1nc(-c2ccc(Cl)cc2)cs1)c1ccc(F)c(Cl)c1. The highest BCUT2D eigenvalue weighted by atomic mass is 35.5. The van der Waals surface area contributed by atoms with Crippen LogP contribution in [0.15, 0.2) is 47.8 Å². The number of rotatable bonds is 3. The predicted molar refractivity (Wildman–Crippen MR) is 91.9 cm³/mol. The van der Waals surface area contributed by atoms with E-state index >= 15 is 0 Å². The molecule has 0 atom stereocenters. The van der Waals surface area contributed by atoms with Gasteiger partial charge >= 0.3 is 0 Å². The third-order valence-electron chi connectivity index (χ3n) is 3.05. The van der Waals surface area contributed by atoms with Gasteiger partial charge in [0.25, 0.3) is 5.91 Å². The van der Waals surface area contributed by atoms with Crippen LogP contribution in [-0.2, 0) is 0 Å². The molecule has 0 unspecified atom stereocenters. The van der Waals surface area contributed by atoms with Crippen LogP contribution in [0.1, 0.15) is 10.4 Å².